The van der Waals surface area contributed by atoms with Crippen molar-refractivity contribution >= 4 is 50.1 Å². The summed E-state index contributed by atoms with van der Waals surface area (Å²) in [5.74, 6) is -0.0164. The number of rotatable bonds is 3. The molecular weight excluding hydrogens is 411 g/mol. The van der Waals surface area contributed by atoms with Crippen LogP contribution in [-0.2, 0) is 9.53 Å². The van der Waals surface area contributed by atoms with Gasteiger partial charge in [-0.2, -0.15) is 0 Å². The zero-order chi connectivity index (χ0) is 13.1. The number of hydrogen-bond acceptors (Lipinski definition) is 3. The fourth-order valence-electron chi connectivity index (χ4n) is 1.90. The molecule has 1 aromatic carbocycles. The Bertz CT molecular complexity index is 456. The predicted octanol–water partition coefficient (Wildman–Crippen LogP) is 2.37. The lowest BCUT2D eigenvalue weighted by atomic mass is 10.2. The number of carbonyl (C=O) groups is 1. The van der Waals surface area contributed by atoms with Crippen LogP contribution in [0.5, 0.6) is 0 Å². The Morgan fingerprint density at radius 3 is 3.06 bits per heavy atom. The summed E-state index contributed by atoms with van der Waals surface area (Å²) in [6, 6.07) is 5.66. The second-order valence-corrected chi connectivity index (χ2v) is 6.27. The minimum absolute atomic E-state index is 0.0164. The quantitative estimate of drug-likeness (QED) is 0.732. The van der Waals surface area contributed by atoms with Gasteiger partial charge < -0.3 is 15.4 Å². The number of anilines is 1. The van der Waals surface area contributed by atoms with E-state index in [4.69, 9.17) is 4.74 Å². The highest BCUT2D eigenvalue weighted by molar-refractivity contribution is 14.1. The summed E-state index contributed by atoms with van der Waals surface area (Å²) in [5, 5.41) is 6.09. The normalized spacial score (nSPS) is 23.1. The molecule has 18 heavy (non-hydrogen) atoms. The molecule has 0 aromatic heterocycles. The molecule has 1 aliphatic heterocycles. The first kappa shape index (κ1) is 14.2. The molecule has 2 N–H and O–H groups in total. The Morgan fingerprint density at radius 2 is 2.39 bits per heavy atom. The minimum Gasteiger partial charge on any atom is -0.380 e. The molecule has 0 saturated carbocycles. The topological polar surface area (TPSA) is 50.4 Å². The number of benzene rings is 1. The van der Waals surface area contributed by atoms with Gasteiger partial charge in [0.25, 0.3) is 0 Å². The highest BCUT2D eigenvalue weighted by atomic mass is 127. The van der Waals surface area contributed by atoms with Gasteiger partial charge in [0.15, 0.2) is 0 Å². The van der Waals surface area contributed by atoms with Gasteiger partial charge in [0.2, 0.25) is 5.91 Å². The van der Waals surface area contributed by atoms with Crippen LogP contribution < -0.4 is 10.6 Å². The first-order chi connectivity index (χ1) is 8.60. The SMILES string of the molecule is COC1CNC(C(=O)Nc2cc(I)ccc2Br)C1. The number of hydrogen-bond donors (Lipinski definition) is 2. The smallest absolute Gasteiger partial charge is 0.241 e. The monoisotopic (exact) mass is 424 g/mol. The Balaban J connectivity index is 2.01. The van der Waals surface area contributed by atoms with E-state index in [9.17, 15) is 4.79 Å². The Hall–Kier alpha value is -0.180. The molecule has 1 heterocycles. The fraction of sp³-hybridized carbons (Fsp3) is 0.417. The molecule has 0 aliphatic carbocycles. The molecule has 98 valence electrons. The van der Waals surface area contributed by atoms with Gasteiger partial charge in [-0.3, -0.25) is 4.79 Å². The number of methoxy groups -OCH3 is 1. The van der Waals surface area contributed by atoms with Crippen molar-refractivity contribution in [3.63, 3.8) is 0 Å². The van der Waals surface area contributed by atoms with Crippen molar-refractivity contribution in [3.05, 3.63) is 26.2 Å². The third kappa shape index (κ3) is 3.43. The van der Waals surface area contributed by atoms with Crippen LogP contribution in [0.15, 0.2) is 22.7 Å². The Labute approximate surface area is 128 Å². The highest BCUT2D eigenvalue weighted by Crippen LogP contribution is 2.25. The van der Waals surface area contributed by atoms with E-state index < -0.39 is 0 Å². The van der Waals surface area contributed by atoms with Crippen molar-refractivity contribution < 1.29 is 9.53 Å². The molecule has 1 fully saturated rings. The van der Waals surface area contributed by atoms with Crippen LogP contribution >= 0.6 is 38.5 Å². The summed E-state index contributed by atoms with van der Waals surface area (Å²) in [7, 11) is 1.67. The second kappa shape index (κ2) is 6.31. The van der Waals surface area contributed by atoms with Gasteiger partial charge in [-0.25, -0.2) is 0 Å². The molecule has 1 aliphatic rings. The van der Waals surface area contributed by atoms with Crippen molar-refractivity contribution in [1.29, 1.82) is 0 Å². The van der Waals surface area contributed by atoms with E-state index >= 15 is 0 Å². The average Bonchev–Trinajstić information content (AvgIpc) is 2.82. The zero-order valence-electron chi connectivity index (χ0n) is 9.87. The third-order valence-electron chi connectivity index (χ3n) is 2.93. The molecule has 0 bridgehead atoms. The first-order valence-electron chi connectivity index (χ1n) is 5.62. The predicted molar refractivity (Wildman–Crippen MR) is 82.7 cm³/mol. The van der Waals surface area contributed by atoms with Crippen molar-refractivity contribution in [1.82, 2.24) is 5.32 Å². The van der Waals surface area contributed by atoms with E-state index in [1.165, 1.54) is 0 Å². The standard InChI is InChI=1S/C12H14BrIN2O2/c1-18-8-5-11(15-6-8)12(17)16-10-4-7(14)2-3-9(10)13/h2-4,8,11,15H,5-6H2,1H3,(H,16,17). The molecular formula is C12H14BrIN2O2. The van der Waals surface area contributed by atoms with Crippen LogP contribution in [0, 0.1) is 3.57 Å². The van der Waals surface area contributed by atoms with Crippen LogP contribution in [0.25, 0.3) is 0 Å². The van der Waals surface area contributed by atoms with E-state index in [0.717, 1.165) is 20.3 Å². The van der Waals surface area contributed by atoms with Gasteiger partial charge >= 0.3 is 0 Å². The van der Waals surface area contributed by atoms with E-state index in [1.807, 2.05) is 18.2 Å². The molecule has 1 aromatic rings. The third-order valence-corrected chi connectivity index (χ3v) is 4.29. The molecule has 2 rings (SSSR count). The van der Waals surface area contributed by atoms with Crippen molar-refractivity contribution in [2.45, 2.75) is 18.6 Å². The summed E-state index contributed by atoms with van der Waals surface area (Å²) in [6.07, 6.45) is 0.837. The van der Waals surface area contributed by atoms with Gasteiger partial charge in [0.05, 0.1) is 17.8 Å². The van der Waals surface area contributed by atoms with Crippen molar-refractivity contribution in [3.8, 4) is 0 Å². The summed E-state index contributed by atoms with van der Waals surface area (Å²) < 4.78 is 7.20. The molecule has 0 spiro atoms. The molecule has 2 unspecified atom stereocenters. The second-order valence-electron chi connectivity index (χ2n) is 4.17. The lowest BCUT2D eigenvalue weighted by Crippen LogP contribution is -2.35. The number of nitrogens with one attached hydrogen (secondary N) is 2. The lowest BCUT2D eigenvalue weighted by molar-refractivity contribution is -0.118. The molecule has 6 heteroatoms. The number of carbonyl (C=O) groups excluding carboxylic acids is 1. The summed E-state index contributed by atoms with van der Waals surface area (Å²) in [5.41, 5.74) is 0.801. The number of amides is 1. The minimum atomic E-state index is -0.181. The van der Waals surface area contributed by atoms with Crippen LogP contribution in [0.2, 0.25) is 0 Å². The number of ether oxygens (including phenoxy) is 1. The molecule has 1 amide bonds. The van der Waals surface area contributed by atoms with E-state index in [0.29, 0.717) is 6.42 Å². The fourth-order valence-corrected chi connectivity index (χ4v) is 2.73. The highest BCUT2D eigenvalue weighted by Gasteiger charge is 2.29. The molecule has 1 saturated heterocycles. The van der Waals surface area contributed by atoms with Crippen molar-refractivity contribution in [2.75, 3.05) is 19.0 Å². The van der Waals surface area contributed by atoms with Gasteiger partial charge in [-0.1, -0.05) is 0 Å². The summed E-state index contributed by atoms with van der Waals surface area (Å²) in [4.78, 5) is 12.1. The Kier molecular flexibility index (Phi) is 4.99. The molecule has 0 radical (unpaired) electrons. The number of halogens is 2. The lowest BCUT2D eigenvalue weighted by Gasteiger charge is -2.12. The largest absolute Gasteiger partial charge is 0.380 e. The van der Waals surface area contributed by atoms with Crippen LogP contribution in [0.1, 0.15) is 6.42 Å². The van der Waals surface area contributed by atoms with Crippen LogP contribution in [0.4, 0.5) is 5.69 Å². The van der Waals surface area contributed by atoms with Gasteiger partial charge in [0.1, 0.15) is 0 Å². The summed E-state index contributed by atoms with van der Waals surface area (Å²) in [6.45, 7) is 0.724. The van der Waals surface area contributed by atoms with Gasteiger partial charge in [0, 0.05) is 21.7 Å². The average molecular weight is 425 g/mol. The maximum absolute atomic E-state index is 12.1. The van der Waals surface area contributed by atoms with E-state index in [1.54, 1.807) is 7.11 Å². The Morgan fingerprint density at radius 1 is 1.61 bits per heavy atom. The van der Waals surface area contributed by atoms with E-state index in [-0.39, 0.29) is 18.1 Å². The maximum atomic E-state index is 12.1. The van der Waals surface area contributed by atoms with Gasteiger partial charge in [-0.05, 0) is 63.1 Å². The van der Waals surface area contributed by atoms with Crippen molar-refractivity contribution in [2.24, 2.45) is 0 Å². The maximum Gasteiger partial charge on any atom is 0.241 e. The molecule has 2 atom stereocenters. The summed E-state index contributed by atoms with van der Waals surface area (Å²) >= 11 is 5.65. The van der Waals surface area contributed by atoms with E-state index in [2.05, 4.69) is 49.2 Å². The first-order valence-corrected chi connectivity index (χ1v) is 7.49. The zero-order valence-corrected chi connectivity index (χ0v) is 13.6. The van der Waals surface area contributed by atoms with Gasteiger partial charge in [-0.15, -0.1) is 0 Å². The van der Waals surface area contributed by atoms with Crippen LogP contribution in [-0.4, -0.2) is 31.7 Å². The molecule has 4 nitrogen and oxygen atoms in total. The van der Waals surface area contributed by atoms with Crippen LogP contribution in [0.3, 0.4) is 0 Å².